The van der Waals surface area contributed by atoms with Crippen molar-refractivity contribution in [3.05, 3.63) is 71.8 Å². The van der Waals surface area contributed by atoms with Gasteiger partial charge in [0.2, 0.25) is 5.91 Å². The van der Waals surface area contributed by atoms with E-state index in [-0.39, 0.29) is 11.9 Å². The molecule has 3 N–H and O–H groups in total. The molecular formula is C18H22N2OS. The van der Waals surface area contributed by atoms with Crippen LogP contribution in [-0.4, -0.2) is 24.0 Å². The first-order chi connectivity index (χ1) is 10.7. The highest BCUT2D eigenvalue weighted by atomic mass is 32.2. The summed E-state index contributed by atoms with van der Waals surface area (Å²) in [6.45, 7) is 0. The third kappa shape index (κ3) is 4.61. The molecule has 4 heteroatoms. The largest absolute Gasteiger partial charge is 0.344 e. The Morgan fingerprint density at radius 1 is 1.05 bits per heavy atom. The third-order valence-electron chi connectivity index (χ3n) is 3.52. The maximum atomic E-state index is 12.4. The highest BCUT2D eigenvalue weighted by molar-refractivity contribution is 7.98. The van der Waals surface area contributed by atoms with Crippen LogP contribution in [0.2, 0.25) is 0 Å². The fourth-order valence-corrected chi connectivity index (χ4v) is 2.76. The van der Waals surface area contributed by atoms with E-state index in [1.165, 1.54) is 0 Å². The fourth-order valence-electron chi connectivity index (χ4n) is 2.28. The summed E-state index contributed by atoms with van der Waals surface area (Å²) in [6, 6.07) is 19.3. The standard InChI is InChI=1S/C18H22N2OS/c1-22-13-12-16(19)18(21)20-17(14-8-4-2-5-9-14)15-10-6-3-7-11-15/h2-11,16-17H,12-13,19H2,1H3,(H,20,21)/t16-/m0/s1. The molecule has 0 radical (unpaired) electrons. The first-order valence-corrected chi connectivity index (χ1v) is 8.76. The van der Waals surface area contributed by atoms with Crippen molar-refractivity contribution in [2.75, 3.05) is 12.0 Å². The summed E-state index contributed by atoms with van der Waals surface area (Å²) in [5.41, 5.74) is 8.09. The minimum Gasteiger partial charge on any atom is -0.344 e. The minimum atomic E-state index is -0.470. The van der Waals surface area contributed by atoms with Crippen molar-refractivity contribution >= 4 is 17.7 Å². The van der Waals surface area contributed by atoms with E-state index in [1.807, 2.05) is 66.9 Å². The fraction of sp³-hybridized carbons (Fsp3) is 0.278. The summed E-state index contributed by atoms with van der Waals surface area (Å²) in [5, 5.41) is 3.09. The Morgan fingerprint density at radius 2 is 1.55 bits per heavy atom. The molecule has 1 atom stereocenters. The lowest BCUT2D eigenvalue weighted by Gasteiger charge is -2.22. The zero-order chi connectivity index (χ0) is 15.8. The Balaban J connectivity index is 2.17. The van der Waals surface area contributed by atoms with Crippen LogP contribution in [-0.2, 0) is 4.79 Å². The number of rotatable bonds is 7. The summed E-state index contributed by atoms with van der Waals surface area (Å²) >= 11 is 1.70. The van der Waals surface area contributed by atoms with Crippen molar-refractivity contribution in [2.45, 2.75) is 18.5 Å². The number of hydrogen-bond acceptors (Lipinski definition) is 3. The maximum Gasteiger partial charge on any atom is 0.237 e. The van der Waals surface area contributed by atoms with Crippen LogP contribution in [0.3, 0.4) is 0 Å². The van der Waals surface area contributed by atoms with Gasteiger partial charge in [-0.25, -0.2) is 0 Å². The van der Waals surface area contributed by atoms with Gasteiger partial charge < -0.3 is 11.1 Å². The van der Waals surface area contributed by atoms with Gasteiger partial charge in [-0.15, -0.1) is 0 Å². The van der Waals surface area contributed by atoms with Crippen LogP contribution in [0.25, 0.3) is 0 Å². The Morgan fingerprint density at radius 3 is 2.00 bits per heavy atom. The van der Waals surface area contributed by atoms with Crippen molar-refractivity contribution in [1.82, 2.24) is 5.32 Å². The molecule has 0 heterocycles. The lowest BCUT2D eigenvalue weighted by Crippen LogP contribution is -2.42. The van der Waals surface area contributed by atoms with E-state index in [1.54, 1.807) is 11.8 Å². The molecule has 0 aromatic heterocycles. The molecule has 0 fully saturated rings. The van der Waals surface area contributed by atoms with Crippen LogP contribution in [0.4, 0.5) is 0 Å². The Bertz CT molecular complexity index is 535. The number of amides is 1. The van der Waals surface area contributed by atoms with Crippen molar-refractivity contribution in [3.8, 4) is 0 Å². The molecule has 0 unspecified atom stereocenters. The van der Waals surface area contributed by atoms with Gasteiger partial charge >= 0.3 is 0 Å². The van der Waals surface area contributed by atoms with Gasteiger partial charge in [0, 0.05) is 0 Å². The van der Waals surface area contributed by atoms with Crippen LogP contribution >= 0.6 is 11.8 Å². The molecular weight excluding hydrogens is 292 g/mol. The van der Waals surface area contributed by atoms with Crippen LogP contribution in [0.15, 0.2) is 60.7 Å². The van der Waals surface area contributed by atoms with Gasteiger partial charge in [0.1, 0.15) is 0 Å². The lowest BCUT2D eigenvalue weighted by atomic mass is 9.98. The monoisotopic (exact) mass is 314 g/mol. The summed E-state index contributed by atoms with van der Waals surface area (Å²) in [5.74, 6) is 0.780. The normalized spacial score (nSPS) is 12.1. The third-order valence-corrected chi connectivity index (χ3v) is 4.17. The molecule has 1 amide bonds. The highest BCUT2D eigenvalue weighted by Gasteiger charge is 2.20. The van der Waals surface area contributed by atoms with Gasteiger partial charge in [-0.1, -0.05) is 60.7 Å². The van der Waals surface area contributed by atoms with E-state index in [2.05, 4.69) is 5.32 Å². The second kappa shape index (κ2) is 8.61. The molecule has 0 saturated heterocycles. The van der Waals surface area contributed by atoms with E-state index in [0.717, 1.165) is 16.9 Å². The number of carbonyl (C=O) groups is 1. The van der Waals surface area contributed by atoms with Gasteiger partial charge in [0.25, 0.3) is 0 Å². The van der Waals surface area contributed by atoms with Crippen molar-refractivity contribution < 1.29 is 4.79 Å². The van der Waals surface area contributed by atoms with Crippen LogP contribution < -0.4 is 11.1 Å². The van der Waals surface area contributed by atoms with Gasteiger partial charge in [0.05, 0.1) is 12.1 Å². The number of nitrogens with one attached hydrogen (secondary N) is 1. The average molecular weight is 314 g/mol. The summed E-state index contributed by atoms with van der Waals surface area (Å²) in [4.78, 5) is 12.4. The molecule has 0 saturated carbocycles. The Labute approximate surface area is 136 Å². The summed E-state index contributed by atoms with van der Waals surface area (Å²) < 4.78 is 0. The molecule has 0 spiro atoms. The maximum absolute atomic E-state index is 12.4. The minimum absolute atomic E-state index is 0.105. The number of thioether (sulfide) groups is 1. The van der Waals surface area contributed by atoms with Crippen molar-refractivity contribution in [2.24, 2.45) is 5.73 Å². The molecule has 0 aliphatic heterocycles. The van der Waals surface area contributed by atoms with E-state index in [0.29, 0.717) is 6.42 Å². The Kier molecular flexibility index (Phi) is 6.49. The van der Waals surface area contributed by atoms with E-state index >= 15 is 0 Å². The SMILES string of the molecule is CSCC[C@H](N)C(=O)NC(c1ccccc1)c1ccccc1. The summed E-state index contributed by atoms with van der Waals surface area (Å²) in [7, 11) is 0. The molecule has 22 heavy (non-hydrogen) atoms. The zero-order valence-electron chi connectivity index (χ0n) is 12.7. The number of benzene rings is 2. The highest BCUT2D eigenvalue weighted by Crippen LogP contribution is 2.21. The molecule has 2 aromatic rings. The molecule has 3 nitrogen and oxygen atoms in total. The molecule has 2 aromatic carbocycles. The lowest BCUT2D eigenvalue weighted by molar-refractivity contribution is -0.122. The van der Waals surface area contributed by atoms with Crippen LogP contribution in [0.5, 0.6) is 0 Å². The van der Waals surface area contributed by atoms with Crippen LogP contribution in [0.1, 0.15) is 23.6 Å². The molecule has 0 aliphatic rings. The smallest absolute Gasteiger partial charge is 0.237 e. The quantitative estimate of drug-likeness (QED) is 0.826. The van der Waals surface area contributed by atoms with Crippen molar-refractivity contribution in [1.29, 1.82) is 0 Å². The molecule has 0 aliphatic carbocycles. The summed E-state index contributed by atoms with van der Waals surface area (Å²) in [6.07, 6.45) is 2.70. The van der Waals surface area contributed by atoms with Gasteiger partial charge in [-0.2, -0.15) is 11.8 Å². The predicted molar refractivity (Wildman–Crippen MR) is 93.8 cm³/mol. The topological polar surface area (TPSA) is 55.1 Å². The van der Waals surface area contributed by atoms with Gasteiger partial charge in [-0.05, 0) is 29.6 Å². The molecule has 2 rings (SSSR count). The number of hydrogen-bond donors (Lipinski definition) is 2. The van der Waals surface area contributed by atoms with E-state index in [4.69, 9.17) is 5.73 Å². The number of carbonyl (C=O) groups excluding carboxylic acids is 1. The van der Waals surface area contributed by atoms with Crippen molar-refractivity contribution in [3.63, 3.8) is 0 Å². The first-order valence-electron chi connectivity index (χ1n) is 7.37. The predicted octanol–water partition coefficient (Wildman–Crippen LogP) is 2.97. The molecule has 116 valence electrons. The van der Waals surface area contributed by atoms with Gasteiger partial charge in [-0.3, -0.25) is 4.79 Å². The number of nitrogens with two attached hydrogens (primary N) is 1. The Hall–Kier alpha value is -1.78. The zero-order valence-corrected chi connectivity index (χ0v) is 13.6. The van der Waals surface area contributed by atoms with Gasteiger partial charge in [0.15, 0.2) is 0 Å². The first kappa shape index (κ1) is 16.6. The average Bonchev–Trinajstić information content (AvgIpc) is 2.58. The van der Waals surface area contributed by atoms with Crippen LogP contribution in [0, 0.1) is 0 Å². The second-order valence-electron chi connectivity index (χ2n) is 5.15. The molecule has 0 bridgehead atoms. The van der Waals surface area contributed by atoms with E-state index in [9.17, 15) is 4.79 Å². The second-order valence-corrected chi connectivity index (χ2v) is 6.14. The van der Waals surface area contributed by atoms with E-state index < -0.39 is 6.04 Å².